The van der Waals surface area contributed by atoms with E-state index in [4.69, 9.17) is 9.68 Å². The van der Waals surface area contributed by atoms with Gasteiger partial charge in [-0.1, -0.05) is 18.2 Å². The number of aryl methyl sites for hydroxylation is 1. The molecule has 4 heteroatoms. The minimum Gasteiger partial charge on any atom is -0.464 e. The molecule has 0 aliphatic heterocycles. The average molecular weight is 223 g/mol. The summed E-state index contributed by atoms with van der Waals surface area (Å²) in [5.41, 5.74) is 2.92. The van der Waals surface area contributed by atoms with Crippen molar-refractivity contribution in [1.82, 2.24) is 9.55 Å². The Morgan fingerprint density at radius 2 is 2.18 bits per heavy atom. The number of imidazole rings is 1. The molecule has 0 bridgehead atoms. The first-order valence-corrected chi connectivity index (χ1v) is 5.19. The van der Waals surface area contributed by atoms with Gasteiger partial charge in [-0.3, -0.25) is 0 Å². The monoisotopic (exact) mass is 223 g/mol. The maximum absolute atomic E-state index is 9.05. The molecule has 17 heavy (non-hydrogen) atoms. The van der Waals surface area contributed by atoms with Crippen LogP contribution in [-0.2, 0) is 7.05 Å². The van der Waals surface area contributed by atoms with Crippen molar-refractivity contribution >= 4 is 11.0 Å². The molecule has 82 valence electrons. The Balaban J connectivity index is 2.35. The second-order valence-corrected chi connectivity index (χ2v) is 3.81. The first-order chi connectivity index (χ1) is 8.31. The van der Waals surface area contributed by atoms with Gasteiger partial charge in [0.25, 0.3) is 0 Å². The van der Waals surface area contributed by atoms with Gasteiger partial charge in [0.15, 0.2) is 5.69 Å². The number of hydrogen-bond donors (Lipinski definition) is 0. The van der Waals surface area contributed by atoms with Crippen molar-refractivity contribution in [3.8, 4) is 17.3 Å². The van der Waals surface area contributed by atoms with Gasteiger partial charge in [0.1, 0.15) is 17.9 Å². The average Bonchev–Trinajstić information content (AvgIpc) is 2.92. The van der Waals surface area contributed by atoms with Gasteiger partial charge in [-0.25, -0.2) is 4.98 Å². The summed E-state index contributed by atoms with van der Waals surface area (Å²) < 4.78 is 7.31. The van der Waals surface area contributed by atoms with Crippen LogP contribution in [0.5, 0.6) is 0 Å². The van der Waals surface area contributed by atoms with Crippen molar-refractivity contribution in [3.05, 3.63) is 42.5 Å². The Hall–Kier alpha value is -2.54. The molecule has 3 rings (SSSR count). The fourth-order valence-corrected chi connectivity index (χ4v) is 1.99. The van der Waals surface area contributed by atoms with E-state index < -0.39 is 0 Å². The molecular weight excluding hydrogens is 214 g/mol. The zero-order chi connectivity index (χ0) is 11.8. The van der Waals surface area contributed by atoms with Crippen molar-refractivity contribution < 1.29 is 4.42 Å². The summed E-state index contributed by atoms with van der Waals surface area (Å²) >= 11 is 0. The molecule has 4 nitrogen and oxygen atoms in total. The maximum atomic E-state index is 9.05. The van der Waals surface area contributed by atoms with Crippen molar-refractivity contribution in [2.45, 2.75) is 0 Å². The molecule has 0 aliphatic carbocycles. The zero-order valence-corrected chi connectivity index (χ0v) is 9.21. The Morgan fingerprint density at radius 3 is 3.00 bits per heavy atom. The van der Waals surface area contributed by atoms with E-state index in [2.05, 4.69) is 11.1 Å². The molecule has 0 fully saturated rings. The summed E-state index contributed by atoms with van der Waals surface area (Å²) in [6, 6.07) is 9.84. The Kier molecular flexibility index (Phi) is 1.99. The van der Waals surface area contributed by atoms with Crippen LogP contribution in [0.1, 0.15) is 5.69 Å². The minimum absolute atomic E-state index is 0.416. The fourth-order valence-electron chi connectivity index (χ4n) is 1.99. The molecule has 0 saturated heterocycles. The van der Waals surface area contributed by atoms with E-state index in [9.17, 15) is 0 Å². The summed E-state index contributed by atoms with van der Waals surface area (Å²) in [4.78, 5) is 4.06. The number of furan rings is 1. The lowest BCUT2D eigenvalue weighted by molar-refractivity contribution is 0.616. The standard InChI is InChI=1S/C13H9N3O/c1-16-8-15-11(6-14)13(16)10-7-17-12-5-3-2-4-9(10)12/h2-5,7-8H,1H3. The molecular formula is C13H9N3O. The highest BCUT2D eigenvalue weighted by molar-refractivity contribution is 5.94. The molecule has 0 radical (unpaired) electrons. The highest BCUT2D eigenvalue weighted by atomic mass is 16.3. The van der Waals surface area contributed by atoms with E-state index >= 15 is 0 Å². The molecule has 0 spiro atoms. The number of nitriles is 1. The van der Waals surface area contributed by atoms with E-state index in [-0.39, 0.29) is 0 Å². The largest absolute Gasteiger partial charge is 0.464 e. The van der Waals surface area contributed by atoms with Gasteiger partial charge in [-0.05, 0) is 6.07 Å². The highest BCUT2D eigenvalue weighted by Gasteiger charge is 2.15. The SMILES string of the molecule is Cn1cnc(C#N)c1-c1coc2ccccc12. The zero-order valence-electron chi connectivity index (χ0n) is 9.21. The van der Waals surface area contributed by atoms with E-state index in [1.807, 2.05) is 35.9 Å². The van der Waals surface area contributed by atoms with Crippen LogP contribution in [0, 0.1) is 11.3 Å². The Bertz CT molecular complexity index is 731. The van der Waals surface area contributed by atoms with Gasteiger partial charge < -0.3 is 8.98 Å². The van der Waals surface area contributed by atoms with Gasteiger partial charge in [0.2, 0.25) is 0 Å². The molecule has 0 atom stereocenters. The number of benzene rings is 1. The predicted molar refractivity (Wildman–Crippen MR) is 63.1 cm³/mol. The van der Waals surface area contributed by atoms with Crippen LogP contribution in [0.2, 0.25) is 0 Å². The Morgan fingerprint density at radius 1 is 1.35 bits per heavy atom. The van der Waals surface area contributed by atoms with Gasteiger partial charge in [0, 0.05) is 18.0 Å². The van der Waals surface area contributed by atoms with Crippen LogP contribution >= 0.6 is 0 Å². The molecule has 2 aromatic heterocycles. The van der Waals surface area contributed by atoms with E-state index in [0.717, 1.165) is 22.2 Å². The molecule has 3 aromatic rings. The lowest BCUT2D eigenvalue weighted by Gasteiger charge is -1.99. The second kappa shape index (κ2) is 3.49. The van der Waals surface area contributed by atoms with Gasteiger partial charge >= 0.3 is 0 Å². The lowest BCUT2D eigenvalue weighted by Crippen LogP contribution is -1.90. The summed E-state index contributed by atoms with van der Waals surface area (Å²) in [5.74, 6) is 0. The van der Waals surface area contributed by atoms with Crippen molar-refractivity contribution in [3.63, 3.8) is 0 Å². The second-order valence-electron chi connectivity index (χ2n) is 3.81. The highest BCUT2D eigenvalue weighted by Crippen LogP contribution is 2.31. The predicted octanol–water partition coefficient (Wildman–Crippen LogP) is 2.70. The van der Waals surface area contributed by atoms with Crippen molar-refractivity contribution in [1.29, 1.82) is 5.26 Å². The molecule has 0 amide bonds. The molecule has 0 unspecified atom stereocenters. The molecule has 0 saturated carbocycles. The Labute approximate surface area is 97.7 Å². The van der Waals surface area contributed by atoms with Crippen molar-refractivity contribution in [2.75, 3.05) is 0 Å². The van der Waals surface area contributed by atoms with Crippen LogP contribution in [0.15, 0.2) is 41.3 Å². The lowest BCUT2D eigenvalue weighted by atomic mass is 10.1. The summed E-state index contributed by atoms with van der Waals surface area (Å²) in [6.45, 7) is 0. The van der Waals surface area contributed by atoms with E-state index in [1.165, 1.54) is 0 Å². The third-order valence-corrected chi connectivity index (χ3v) is 2.78. The minimum atomic E-state index is 0.416. The number of nitrogens with zero attached hydrogens (tertiary/aromatic N) is 3. The smallest absolute Gasteiger partial charge is 0.166 e. The number of fused-ring (bicyclic) bond motifs is 1. The van der Waals surface area contributed by atoms with E-state index in [0.29, 0.717) is 5.69 Å². The van der Waals surface area contributed by atoms with E-state index in [1.54, 1.807) is 12.6 Å². The van der Waals surface area contributed by atoms with Crippen LogP contribution in [0.4, 0.5) is 0 Å². The quantitative estimate of drug-likeness (QED) is 0.637. The summed E-state index contributed by atoms with van der Waals surface area (Å²) in [6.07, 6.45) is 3.30. The van der Waals surface area contributed by atoms with Gasteiger partial charge in [0.05, 0.1) is 12.0 Å². The number of rotatable bonds is 1. The summed E-state index contributed by atoms with van der Waals surface area (Å²) in [5, 5.41) is 10.0. The van der Waals surface area contributed by atoms with Gasteiger partial charge in [-0.2, -0.15) is 5.26 Å². The number of para-hydroxylation sites is 1. The first kappa shape index (κ1) is 9.67. The van der Waals surface area contributed by atoms with Crippen LogP contribution in [0.25, 0.3) is 22.2 Å². The summed E-state index contributed by atoms with van der Waals surface area (Å²) in [7, 11) is 1.87. The van der Waals surface area contributed by atoms with Crippen LogP contribution in [-0.4, -0.2) is 9.55 Å². The molecule has 2 heterocycles. The third-order valence-electron chi connectivity index (χ3n) is 2.78. The normalized spacial score (nSPS) is 10.6. The molecule has 1 aromatic carbocycles. The molecule has 0 aliphatic rings. The topological polar surface area (TPSA) is 54.8 Å². The van der Waals surface area contributed by atoms with Crippen molar-refractivity contribution in [2.24, 2.45) is 7.05 Å². The number of aromatic nitrogens is 2. The molecule has 0 N–H and O–H groups in total. The van der Waals surface area contributed by atoms with Crippen LogP contribution in [0.3, 0.4) is 0 Å². The third kappa shape index (κ3) is 1.33. The van der Waals surface area contributed by atoms with Gasteiger partial charge in [-0.15, -0.1) is 0 Å². The number of hydrogen-bond acceptors (Lipinski definition) is 3. The van der Waals surface area contributed by atoms with Crippen LogP contribution < -0.4 is 0 Å². The fraction of sp³-hybridized carbons (Fsp3) is 0.0769. The maximum Gasteiger partial charge on any atom is 0.166 e. The first-order valence-electron chi connectivity index (χ1n) is 5.19.